The molecule has 1 amide bonds. The van der Waals surface area contributed by atoms with Crippen molar-refractivity contribution in [2.75, 3.05) is 13.7 Å². The van der Waals surface area contributed by atoms with Gasteiger partial charge in [0.05, 0.1) is 7.11 Å². The number of carbonyl (C=O) groups excluding carboxylic acids is 1. The number of ether oxygens (including phenoxy) is 1. The van der Waals surface area contributed by atoms with Crippen LogP contribution < -0.4 is 4.74 Å². The lowest BCUT2D eigenvalue weighted by molar-refractivity contribution is -0.127. The zero-order valence-corrected chi connectivity index (χ0v) is 12.7. The van der Waals surface area contributed by atoms with Gasteiger partial charge in [0, 0.05) is 19.0 Å². The topological polar surface area (TPSA) is 29.5 Å². The van der Waals surface area contributed by atoms with Crippen LogP contribution in [-0.2, 0) is 11.3 Å². The predicted molar refractivity (Wildman–Crippen MR) is 86.9 cm³/mol. The first kappa shape index (κ1) is 14.4. The van der Waals surface area contributed by atoms with E-state index in [1.807, 2.05) is 29.2 Å². The van der Waals surface area contributed by atoms with Crippen molar-refractivity contribution < 1.29 is 9.53 Å². The number of hydrogen-bond acceptors (Lipinski definition) is 2. The first-order chi connectivity index (χ1) is 10.7. The van der Waals surface area contributed by atoms with E-state index in [0.717, 1.165) is 11.3 Å². The van der Waals surface area contributed by atoms with Crippen LogP contribution in [0.4, 0.5) is 0 Å². The normalized spacial score (nSPS) is 16.8. The zero-order valence-electron chi connectivity index (χ0n) is 12.7. The Bertz CT molecular complexity index is 708. The molecule has 112 valence electrons. The first-order valence-electron chi connectivity index (χ1n) is 7.36. The lowest BCUT2D eigenvalue weighted by atomic mass is 9.84. The molecule has 1 heterocycles. The number of carbonyl (C=O) groups is 1. The summed E-state index contributed by atoms with van der Waals surface area (Å²) in [6.45, 7) is 4.91. The van der Waals surface area contributed by atoms with E-state index in [9.17, 15) is 4.79 Å². The van der Waals surface area contributed by atoms with Crippen LogP contribution >= 0.6 is 0 Å². The molecule has 0 saturated carbocycles. The van der Waals surface area contributed by atoms with Gasteiger partial charge in [-0.25, -0.2) is 0 Å². The number of nitrogens with zero attached hydrogens (tertiary/aromatic N) is 1. The molecule has 0 bridgehead atoms. The second-order valence-electron chi connectivity index (χ2n) is 5.45. The molecular formula is C19H19NO2. The zero-order chi connectivity index (χ0) is 15.5. The van der Waals surface area contributed by atoms with Gasteiger partial charge in [0.2, 0.25) is 5.91 Å². The Hall–Kier alpha value is -2.55. The number of amides is 1. The lowest BCUT2D eigenvalue weighted by Crippen LogP contribution is -2.37. The minimum atomic E-state index is -0.0256. The Morgan fingerprint density at radius 3 is 2.86 bits per heavy atom. The van der Waals surface area contributed by atoms with Crippen molar-refractivity contribution in [3.05, 3.63) is 77.9 Å². The van der Waals surface area contributed by atoms with E-state index in [1.54, 1.807) is 7.11 Å². The standard InChI is InChI=1S/C19H19NO2/c1-3-19(21)20-12-15-7-4-5-10-17(15)18(13-20)14-8-6-9-16(11-14)22-2/h3-11,18H,1,12-13H2,2H3/t18-/m1/s1. The van der Waals surface area contributed by atoms with Crippen molar-refractivity contribution in [1.82, 2.24) is 4.90 Å². The van der Waals surface area contributed by atoms with Gasteiger partial charge < -0.3 is 9.64 Å². The lowest BCUT2D eigenvalue weighted by Gasteiger charge is -2.34. The quantitative estimate of drug-likeness (QED) is 0.812. The molecular weight excluding hydrogens is 274 g/mol. The van der Waals surface area contributed by atoms with Gasteiger partial charge in [-0.3, -0.25) is 4.79 Å². The summed E-state index contributed by atoms with van der Waals surface area (Å²) in [6.07, 6.45) is 1.39. The molecule has 0 fully saturated rings. The van der Waals surface area contributed by atoms with Crippen LogP contribution in [0.5, 0.6) is 5.75 Å². The maximum absolute atomic E-state index is 12.1. The smallest absolute Gasteiger partial charge is 0.246 e. The van der Waals surface area contributed by atoms with E-state index >= 15 is 0 Å². The fourth-order valence-electron chi connectivity index (χ4n) is 3.05. The molecule has 1 aliphatic rings. The second-order valence-corrected chi connectivity index (χ2v) is 5.45. The fraction of sp³-hybridized carbons (Fsp3) is 0.211. The van der Waals surface area contributed by atoms with E-state index in [0.29, 0.717) is 13.1 Å². The minimum absolute atomic E-state index is 0.0256. The molecule has 0 aliphatic carbocycles. The number of benzene rings is 2. The van der Waals surface area contributed by atoms with Crippen molar-refractivity contribution in [3.8, 4) is 5.75 Å². The van der Waals surface area contributed by atoms with Gasteiger partial charge in [-0.05, 0) is 34.9 Å². The Morgan fingerprint density at radius 1 is 1.27 bits per heavy atom. The van der Waals surface area contributed by atoms with Crippen LogP contribution in [0.3, 0.4) is 0 Å². The molecule has 3 nitrogen and oxygen atoms in total. The van der Waals surface area contributed by atoms with Crippen LogP contribution in [0.2, 0.25) is 0 Å². The Kier molecular flexibility index (Phi) is 3.96. The van der Waals surface area contributed by atoms with Crippen molar-refractivity contribution in [3.63, 3.8) is 0 Å². The Morgan fingerprint density at radius 2 is 2.09 bits per heavy atom. The van der Waals surface area contributed by atoms with Gasteiger partial charge in [-0.1, -0.05) is 43.0 Å². The molecule has 0 radical (unpaired) electrons. The average molecular weight is 293 g/mol. The predicted octanol–water partition coefficient (Wildman–Crippen LogP) is 3.36. The molecule has 0 saturated heterocycles. The fourth-order valence-corrected chi connectivity index (χ4v) is 3.05. The van der Waals surface area contributed by atoms with Crippen LogP contribution in [0.25, 0.3) is 0 Å². The summed E-state index contributed by atoms with van der Waals surface area (Å²) >= 11 is 0. The molecule has 0 spiro atoms. The van der Waals surface area contributed by atoms with Crippen molar-refractivity contribution in [2.24, 2.45) is 0 Å². The molecule has 0 aromatic heterocycles. The van der Waals surface area contributed by atoms with Crippen molar-refractivity contribution in [1.29, 1.82) is 0 Å². The van der Waals surface area contributed by atoms with Crippen LogP contribution in [0.15, 0.2) is 61.2 Å². The third-order valence-corrected chi connectivity index (χ3v) is 4.18. The van der Waals surface area contributed by atoms with Crippen LogP contribution in [-0.4, -0.2) is 24.5 Å². The molecule has 0 unspecified atom stereocenters. The average Bonchev–Trinajstić information content (AvgIpc) is 2.60. The number of methoxy groups -OCH3 is 1. The van der Waals surface area contributed by atoms with E-state index < -0.39 is 0 Å². The molecule has 3 rings (SSSR count). The summed E-state index contributed by atoms with van der Waals surface area (Å²) in [6, 6.07) is 16.4. The largest absolute Gasteiger partial charge is 0.497 e. The van der Waals surface area contributed by atoms with Gasteiger partial charge in [0.15, 0.2) is 0 Å². The minimum Gasteiger partial charge on any atom is -0.497 e. The second kappa shape index (κ2) is 6.06. The summed E-state index contributed by atoms with van der Waals surface area (Å²) in [5.74, 6) is 0.966. The maximum atomic E-state index is 12.1. The van der Waals surface area contributed by atoms with Crippen molar-refractivity contribution in [2.45, 2.75) is 12.5 Å². The number of hydrogen-bond donors (Lipinski definition) is 0. The Balaban J connectivity index is 2.04. The van der Waals surface area contributed by atoms with Gasteiger partial charge in [0.25, 0.3) is 0 Å². The monoisotopic (exact) mass is 293 g/mol. The molecule has 2 aromatic carbocycles. The molecule has 0 N–H and O–H groups in total. The van der Waals surface area contributed by atoms with E-state index in [2.05, 4.69) is 30.8 Å². The van der Waals surface area contributed by atoms with Gasteiger partial charge >= 0.3 is 0 Å². The van der Waals surface area contributed by atoms with Crippen molar-refractivity contribution >= 4 is 5.91 Å². The summed E-state index contributed by atoms with van der Waals surface area (Å²) in [7, 11) is 1.67. The maximum Gasteiger partial charge on any atom is 0.246 e. The Labute approximate surface area is 130 Å². The van der Waals surface area contributed by atoms with E-state index in [1.165, 1.54) is 17.2 Å². The highest BCUT2D eigenvalue weighted by molar-refractivity contribution is 5.87. The molecule has 2 aromatic rings. The van der Waals surface area contributed by atoms with Gasteiger partial charge in [-0.2, -0.15) is 0 Å². The van der Waals surface area contributed by atoms with Crippen LogP contribution in [0.1, 0.15) is 22.6 Å². The SMILES string of the molecule is C=CC(=O)N1Cc2ccccc2[C@@H](c2cccc(OC)c2)C1. The summed E-state index contributed by atoms with van der Waals surface area (Å²) in [5.41, 5.74) is 3.63. The summed E-state index contributed by atoms with van der Waals surface area (Å²) in [4.78, 5) is 13.9. The van der Waals surface area contributed by atoms with E-state index in [-0.39, 0.29) is 11.8 Å². The highest BCUT2D eigenvalue weighted by Gasteiger charge is 2.28. The molecule has 3 heteroatoms. The van der Waals surface area contributed by atoms with Gasteiger partial charge in [0.1, 0.15) is 5.75 Å². The number of fused-ring (bicyclic) bond motifs is 1. The highest BCUT2D eigenvalue weighted by atomic mass is 16.5. The third-order valence-electron chi connectivity index (χ3n) is 4.18. The molecule has 22 heavy (non-hydrogen) atoms. The third kappa shape index (κ3) is 2.62. The highest BCUT2D eigenvalue weighted by Crippen LogP contribution is 2.34. The number of rotatable bonds is 3. The van der Waals surface area contributed by atoms with Gasteiger partial charge in [-0.15, -0.1) is 0 Å². The molecule has 1 atom stereocenters. The molecule has 1 aliphatic heterocycles. The van der Waals surface area contributed by atoms with E-state index in [4.69, 9.17) is 4.74 Å². The summed E-state index contributed by atoms with van der Waals surface area (Å²) in [5, 5.41) is 0. The summed E-state index contributed by atoms with van der Waals surface area (Å²) < 4.78 is 5.33. The van der Waals surface area contributed by atoms with Crippen LogP contribution in [0, 0.1) is 0 Å². The first-order valence-corrected chi connectivity index (χ1v) is 7.36.